The number of hydrogen-bond donors (Lipinski definition) is 1. The molecule has 3 rings (SSSR count). The number of fused-ring (bicyclic) bond motifs is 1. The molecule has 1 aliphatic heterocycles. The van der Waals surface area contributed by atoms with E-state index in [4.69, 9.17) is 4.74 Å². The summed E-state index contributed by atoms with van der Waals surface area (Å²) < 4.78 is 5.68. The molecule has 1 N–H and O–H groups in total. The van der Waals surface area contributed by atoms with Gasteiger partial charge in [-0.25, -0.2) is 4.98 Å². The predicted molar refractivity (Wildman–Crippen MR) is 78.7 cm³/mol. The smallest absolute Gasteiger partial charge is 0.218 e. The van der Waals surface area contributed by atoms with Crippen LogP contribution in [0, 0.1) is 0 Å². The van der Waals surface area contributed by atoms with E-state index in [0.29, 0.717) is 6.61 Å². The number of aromatic nitrogens is 1. The fourth-order valence-corrected chi connectivity index (χ4v) is 2.50. The molecule has 1 aromatic heterocycles. The molecule has 3 nitrogen and oxygen atoms in total. The van der Waals surface area contributed by atoms with Gasteiger partial charge in [0.1, 0.15) is 6.61 Å². The molecule has 0 fully saturated rings. The average Bonchev–Trinajstić information content (AvgIpc) is 2.72. The fraction of sp³-hybridized carbons (Fsp3) is 0.267. The Hall–Kier alpha value is -1.52. The third-order valence-electron chi connectivity index (χ3n) is 3.16. The van der Waals surface area contributed by atoms with Crippen molar-refractivity contribution in [3.8, 4) is 17.1 Å². The summed E-state index contributed by atoms with van der Waals surface area (Å²) in [6.45, 7) is 2.37. The van der Waals surface area contributed by atoms with Crippen LogP contribution in [0.1, 0.15) is 5.56 Å². The van der Waals surface area contributed by atoms with Gasteiger partial charge < -0.3 is 10.1 Å². The minimum atomic E-state index is 0.675. The third-order valence-corrected chi connectivity index (χ3v) is 3.90. The van der Waals surface area contributed by atoms with Gasteiger partial charge >= 0.3 is 0 Å². The zero-order valence-electron chi connectivity index (χ0n) is 10.8. The van der Waals surface area contributed by atoms with Crippen LogP contribution in [0.15, 0.2) is 41.3 Å². The molecule has 0 spiro atoms. The SMILES string of the molecule is CSc1ccc(-c2ccc3c(n2)OCCNC3)cc1. The maximum absolute atomic E-state index is 5.68. The van der Waals surface area contributed by atoms with Crippen LogP contribution >= 0.6 is 11.8 Å². The van der Waals surface area contributed by atoms with Gasteiger partial charge in [-0.15, -0.1) is 11.8 Å². The Bertz CT molecular complexity index is 569. The number of thioether (sulfide) groups is 1. The van der Waals surface area contributed by atoms with E-state index in [1.54, 1.807) is 11.8 Å². The van der Waals surface area contributed by atoms with Crippen LogP contribution in [-0.2, 0) is 6.54 Å². The third kappa shape index (κ3) is 2.74. The molecule has 0 atom stereocenters. The van der Waals surface area contributed by atoms with E-state index in [-0.39, 0.29) is 0 Å². The molecular formula is C15H16N2OS. The van der Waals surface area contributed by atoms with Crippen LogP contribution in [0.3, 0.4) is 0 Å². The number of ether oxygens (including phenoxy) is 1. The quantitative estimate of drug-likeness (QED) is 0.852. The highest BCUT2D eigenvalue weighted by Gasteiger charge is 2.11. The number of nitrogens with one attached hydrogen (secondary N) is 1. The lowest BCUT2D eigenvalue weighted by molar-refractivity contribution is 0.314. The van der Waals surface area contributed by atoms with Gasteiger partial charge in [-0.3, -0.25) is 0 Å². The topological polar surface area (TPSA) is 34.1 Å². The van der Waals surface area contributed by atoms with Gasteiger partial charge in [0, 0.05) is 29.1 Å². The van der Waals surface area contributed by atoms with Crippen molar-refractivity contribution in [1.29, 1.82) is 0 Å². The first-order valence-electron chi connectivity index (χ1n) is 6.35. The largest absolute Gasteiger partial charge is 0.476 e. The second-order valence-electron chi connectivity index (χ2n) is 4.41. The summed E-state index contributed by atoms with van der Waals surface area (Å²) in [4.78, 5) is 5.89. The van der Waals surface area contributed by atoms with Gasteiger partial charge in [0.15, 0.2) is 0 Å². The second-order valence-corrected chi connectivity index (χ2v) is 5.29. The monoisotopic (exact) mass is 272 g/mol. The van der Waals surface area contributed by atoms with E-state index in [0.717, 1.165) is 35.8 Å². The van der Waals surface area contributed by atoms with Crippen molar-refractivity contribution in [1.82, 2.24) is 10.3 Å². The van der Waals surface area contributed by atoms with Gasteiger partial charge in [-0.1, -0.05) is 18.2 Å². The molecule has 0 saturated heterocycles. The predicted octanol–water partition coefficient (Wildman–Crippen LogP) is 2.95. The van der Waals surface area contributed by atoms with Crippen molar-refractivity contribution in [3.05, 3.63) is 42.0 Å². The molecule has 2 heterocycles. The lowest BCUT2D eigenvalue weighted by Crippen LogP contribution is -2.16. The molecule has 2 aromatic rings. The Morgan fingerprint density at radius 2 is 2.00 bits per heavy atom. The highest BCUT2D eigenvalue weighted by molar-refractivity contribution is 7.98. The van der Waals surface area contributed by atoms with Crippen LogP contribution < -0.4 is 10.1 Å². The molecule has 0 unspecified atom stereocenters. The number of hydrogen-bond acceptors (Lipinski definition) is 4. The Kier molecular flexibility index (Phi) is 3.71. The van der Waals surface area contributed by atoms with Crippen molar-refractivity contribution in [2.24, 2.45) is 0 Å². The summed E-state index contributed by atoms with van der Waals surface area (Å²) in [6, 6.07) is 12.6. The van der Waals surface area contributed by atoms with Crippen molar-refractivity contribution >= 4 is 11.8 Å². The maximum atomic E-state index is 5.68. The molecule has 4 heteroatoms. The average molecular weight is 272 g/mol. The normalized spacial score (nSPS) is 14.4. The van der Waals surface area contributed by atoms with Gasteiger partial charge in [0.05, 0.1) is 5.69 Å². The summed E-state index contributed by atoms with van der Waals surface area (Å²) in [5.41, 5.74) is 3.22. The van der Waals surface area contributed by atoms with Crippen LogP contribution in [0.4, 0.5) is 0 Å². The first-order chi connectivity index (χ1) is 9.36. The Morgan fingerprint density at radius 1 is 1.16 bits per heavy atom. The van der Waals surface area contributed by atoms with Gasteiger partial charge in [-0.05, 0) is 24.5 Å². The molecule has 19 heavy (non-hydrogen) atoms. The molecule has 0 saturated carbocycles. The minimum absolute atomic E-state index is 0.675. The van der Waals surface area contributed by atoms with Gasteiger partial charge in [0.25, 0.3) is 0 Å². The van der Waals surface area contributed by atoms with E-state index in [2.05, 4.69) is 53.0 Å². The van der Waals surface area contributed by atoms with E-state index < -0.39 is 0 Å². The van der Waals surface area contributed by atoms with Crippen molar-refractivity contribution < 1.29 is 4.74 Å². The van der Waals surface area contributed by atoms with Crippen molar-refractivity contribution in [3.63, 3.8) is 0 Å². The van der Waals surface area contributed by atoms with Crippen molar-refractivity contribution in [2.75, 3.05) is 19.4 Å². The van der Waals surface area contributed by atoms with E-state index >= 15 is 0 Å². The van der Waals surface area contributed by atoms with Crippen LogP contribution in [0.5, 0.6) is 5.88 Å². The molecule has 98 valence electrons. The summed E-state index contributed by atoms with van der Waals surface area (Å²) in [6.07, 6.45) is 2.08. The lowest BCUT2D eigenvalue weighted by atomic mass is 10.1. The Morgan fingerprint density at radius 3 is 2.79 bits per heavy atom. The van der Waals surface area contributed by atoms with Gasteiger partial charge in [0.2, 0.25) is 5.88 Å². The van der Waals surface area contributed by atoms with Crippen LogP contribution in [0.25, 0.3) is 11.3 Å². The highest BCUT2D eigenvalue weighted by Crippen LogP contribution is 2.26. The summed E-state index contributed by atoms with van der Waals surface area (Å²) >= 11 is 1.74. The molecule has 0 bridgehead atoms. The zero-order chi connectivity index (χ0) is 13.1. The Balaban J connectivity index is 1.94. The summed E-state index contributed by atoms with van der Waals surface area (Å²) in [7, 11) is 0. The second kappa shape index (κ2) is 5.63. The maximum Gasteiger partial charge on any atom is 0.218 e. The van der Waals surface area contributed by atoms with Crippen LogP contribution in [-0.4, -0.2) is 24.4 Å². The fourth-order valence-electron chi connectivity index (χ4n) is 2.09. The Labute approximate surface area is 117 Å². The number of rotatable bonds is 2. The minimum Gasteiger partial charge on any atom is -0.476 e. The zero-order valence-corrected chi connectivity index (χ0v) is 11.7. The van der Waals surface area contributed by atoms with E-state index in [1.165, 1.54) is 4.90 Å². The molecule has 1 aliphatic rings. The number of nitrogens with zero attached hydrogens (tertiary/aromatic N) is 1. The van der Waals surface area contributed by atoms with E-state index in [9.17, 15) is 0 Å². The van der Waals surface area contributed by atoms with Crippen LogP contribution in [0.2, 0.25) is 0 Å². The molecule has 0 radical (unpaired) electrons. The first-order valence-corrected chi connectivity index (χ1v) is 7.57. The van der Waals surface area contributed by atoms with E-state index in [1.807, 2.05) is 0 Å². The molecule has 0 amide bonds. The molecular weight excluding hydrogens is 256 g/mol. The number of benzene rings is 1. The first kappa shape index (κ1) is 12.5. The lowest BCUT2D eigenvalue weighted by Gasteiger charge is -2.08. The number of pyridine rings is 1. The highest BCUT2D eigenvalue weighted by atomic mass is 32.2. The summed E-state index contributed by atoms with van der Waals surface area (Å²) in [5, 5.41) is 3.31. The van der Waals surface area contributed by atoms with Crippen molar-refractivity contribution in [2.45, 2.75) is 11.4 Å². The molecule has 1 aromatic carbocycles. The van der Waals surface area contributed by atoms with Gasteiger partial charge in [-0.2, -0.15) is 0 Å². The molecule has 0 aliphatic carbocycles. The summed E-state index contributed by atoms with van der Waals surface area (Å²) in [5.74, 6) is 0.761. The standard InChI is InChI=1S/C15H16N2OS/c1-19-13-5-2-11(3-6-13)14-7-4-12-10-16-8-9-18-15(12)17-14/h2-7,16H,8-10H2,1H3.